The van der Waals surface area contributed by atoms with E-state index in [1.54, 1.807) is 12.1 Å². The van der Waals surface area contributed by atoms with Gasteiger partial charge in [-0.25, -0.2) is 13.6 Å². The molecule has 3 aromatic rings. The minimum Gasteiger partial charge on any atom is -0.505 e. The van der Waals surface area contributed by atoms with Gasteiger partial charge in [-0.15, -0.1) is 0 Å². The van der Waals surface area contributed by atoms with Crippen molar-refractivity contribution in [1.29, 1.82) is 0 Å². The third-order valence-electron chi connectivity index (χ3n) is 6.86. The average Bonchev–Trinajstić information content (AvgIpc) is 3.02. The smallest absolute Gasteiger partial charge is 0.341 e. The number of nitrogens with zero attached hydrogens (tertiary/aromatic N) is 1. The highest BCUT2D eigenvalue weighted by molar-refractivity contribution is 6.02. The maximum atomic E-state index is 14.6. The second-order valence-electron chi connectivity index (χ2n) is 10.2. The van der Waals surface area contributed by atoms with Crippen LogP contribution in [-0.2, 0) is 14.4 Å². The fourth-order valence-corrected chi connectivity index (χ4v) is 4.92. The van der Waals surface area contributed by atoms with E-state index in [0.717, 1.165) is 29.2 Å². The number of hydrogen-bond donors (Lipinski definition) is 4. The number of aliphatic carboxylic acids is 3. The van der Waals surface area contributed by atoms with Crippen LogP contribution < -0.4 is 24.5 Å². The molecule has 4 N–H and O–H groups in total. The van der Waals surface area contributed by atoms with E-state index < -0.39 is 60.4 Å². The molecule has 48 heavy (non-hydrogen) atoms. The number of carboxylic acid groups (broad SMARTS) is 3. The molecule has 0 amide bonds. The van der Waals surface area contributed by atoms with Gasteiger partial charge >= 0.3 is 17.9 Å². The molecule has 1 heterocycles. The predicted octanol–water partition coefficient (Wildman–Crippen LogP) is 4.45. The second kappa shape index (κ2) is 13.9. The first-order valence-corrected chi connectivity index (χ1v) is 14.0. The molecule has 0 atom stereocenters. The number of anilines is 1. The minimum atomic E-state index is -1.33. The van der Waals surface area contributed by atoms with Crippen molar-refractivity contribution in [1.82, 2.24) is 0 Å². The minimum absolute atomic E-state index is 0.0283. The van der Waals surface area contributed by atoms with Crippen molar-refractivity contribution in [3.63, 3.8) is 0 Å². The third kappa shape index (κ3) is 7.52. The Bertz CT molecular complexity index is 2050. The number of halogens is 2. The zero-order chi connectivity index (χ0) is 34.5. The molecule has 1 aliphatic heterocycles. The molecule has 3 aromatic carbocycles. The zero-order valence-electron chi connectivity index (χ0n) is 24.6. The molecule has 13 nitrogen and oxygen atoms in total. The molecule has 15 heteroatoms. The number of benzene rings is 4. The van der Waals surface area contributed by atoms with Crippen LogP contribution in [0.3, 0.4) is 0 Å². The van der Waals surface area contributed by atoms with Gasteiger partial charge in [-0.05, 0) is 42.0 Å². The first-order chi connectivity index (χ1) is 22.9. The molecule has 0 fully saturated rings. The summed E-state index contributed by atoms with van der Waals surface area (Å²) in [5.74, 6) is -6.26. The summed E-state index contributed by atoms with van der Waals surface area (Å²) < 4.78 is 51.7. The first kappa shape index (κ1) is 33.0. The Morgan fingerprint density at radius 1 is 0.771 bits per heavy atom. The summed E-state index contributed by atoms with van der Waals surface area (Å²) in [6.07, 6.45) is 0. The summed E-state index contributed by atoms with van der Waals surface area (Å²) in [5.41, 5.74) is -0.492. The molecule has 0 saturated heterocycles. The number of aromatic hydroxyl groups is 1. The van der Waals surface area contributed by atoms with Crippen LogP contribution in [0.25, 0.3) is 33.4 Å². The standard InChI is InChI=1S/C33H25F2NO12/c34-22-10-20-27(12-25(22)37)48-28-13-26(38)23(35)11-21(28)33(20)17-4-5-24(36(14-30(39)40)15-31(41)42)29(8-17)46-7-6-45-18-2-1-3-19(9-18)47-16-32(43)44/h1-5,8-13,37H,6-7,14-16H2,(H,39,40)(H,41,42)(H,43,44). The highest BCUT2D eigenvalue weighted by Gasteiger charge is 2.24. The lowest BCUT2D eigenvalue weighted by Crippen LogP contribution is -2.34. The molecule has 0 unspecified atom stereocenters. The third-order valence-corrected chi connectivity index (χ3v) is 6.86. The quantitative estimate of drug-likeness (QED) is 0.0962. The summed E-state index contributed by atoms with van der Waals surface area (Å²) in [5, 5.41) is 37.8. The molecular weight excluding hydrogens is 640 g/mol. The Morgan fingerprint density at radius 2 is 1.46 bits per heavy atom. The van der Waals surface area contributed by atoms with Crippen LogP contribution in [0.1, 0.15) is 0 Å². The first-order valence-electron chi connectivity index (χ1n) is 14.0. The van der Waals surface area contributed by atoms with Gasteiger partial charge in [-0.2, -0.15) is 0 Å². The molecule has 0 radical (unpaired) electrons. The second-order valence-corrected chi connectivity index (χ2v) is 10.2. The predicted molar refractivity (Wildman–Crippen MR) is 164 cm³/mol. The van der Waals surface area contributed by atoms with Gasteiger partial charge in [0.25, 0.3) is 0 Å². The topological polar surface area (TPSA) is 193 Å². The van der Waals surface area contributed by atoms with Crippen LogP contribution in [-0.4, -0.2) is 71.2 Å². The molecule has 1 aliphatic carbocycles. The van der Waals surface area contributed by atoms with Crippen molar-refractivity contribution >= 4 is 34.6 Å². The molecule has 0 aromatic heterocycles. The van der Waals surface area contributed by atoms with Crippen molar-refractivity contribution in [3.05, 3.63) is 88.6 Å². The van der Waals surface area contributed by atoms with Crippen molar-refractivity contribution in [2.75, 3.05) is 37.8 Å². The number of carboxylic acids is 3. The Labute approximate surface area is 268 Å². The summed E-state index contributed by atoms with van der Waals surface area (Å²) in [7, 11) is 0. The van der Waals surface area contributed by atoms with Gasteiger partial charge in [0.1, 0.15) is 54.9 Å². The highest BCUT2D eigenvalue weighted by atomic mass is 19.1. The number of fused-ring (bicyclic) bond motifs is 2. The van der Waals surface area contributed by atoms with Crippen LogP contribution in [0.15, 0.2) is 75.9 Å². The molecule has 248 valence electrons. The van der Waals surface area contributed by atoms with Crippen molar-refractivity contribution in [2.24, 2.45) is 0 Å². The van der Waals surface area contributed by atoms with Crippen LogP contribution in [0.2, 0.25) is 0 Å². The largest absolute Gasteiger partial charge is 0.505 e. The Hall–Kier alpha value is -6.38. The van der Waals surface area contributed by atoms with E-state index in [9.17, 15) is 43.3 Å². The van der Waals surface area contributed by atoms with E-state index in [-0.39, 0.29) is 63.8 Å². The van der Waals surface area contributed by atoms with Crippen LogP contribution in [0.4, 0.5) is 14.5 Å². The highest BCUT2D eigenvalue weighted by Crippen LogP contribution is 2.44. The van der Waals surface area contributed by atoms with Gasteiger partial charge in [-0.3, -0.25) is 14.4 Å². The number of ether oxygens (including phenoxy) is 3. The van der Waals surface area contributed by atoms with E-state index in [2.05, 4.69) is 0 Å². The summed E-state index contributed by atoms with van der Waals surface area (Å²) in [6.45, 7) is -2.28. The van der Waals surface area contributed by atoms with E-state index in [0.29, 0.717) is 5.75 Å². The monoisotopic (exact) mass is 665 g/mol. The Balaban J connectivity index is 1.56. The van der Waals surface area contributed by atoms with Crippen LogP contribution in [0, 0.1) is 11.6 Å². The van der Waals surface area contributed by atoms with Crippen molar-refractivity contribution in [2.45, 2.75) is 0 Å². The normalized spacial score (nSPS) is 11.0. The SMILES string of the molecule is O=C(O)COc1cccc(OCCOc2cc(-c3c4cc(F)c(=O)cc-4oc4cc(O)c(F)cc34)ccc2N(CC(=O)O)CC(=O)O)c1. The van der Waals surface area contributed by atoms with Gasteiger partial charge < -0.3 is 44.0 Å². The lowest BCUT2D eigenvalue weighted by molar-refractivity contribution is -0.139. The maximum absolute atomic E-state index is 14.6. The molecule has 5 rings (SSSR count). The fraction of sp³-hybridized carbons (Fsp3) is 0.152. The van der Waals surface area contributed by atoms with Gasteiger partial charge in [-0.1, -0.05) is 12.1 Å². The van der Waals surface area contributed by atoms with E-state index in [1.807, 2.05) is 0 Å². The van der Waals surface area contributed by atoms with Gasteiger partial charge in [0, 0.05) is 34.7 Å². The Kier molecular flexibility index (Phi) is 9.59. The number of phenols is 1. The van der Waals surface area contributed by atoms with Crippen molar-refractivity contribution < 1.29 is 62.2 Å². The summed E-state index contributed by atoms with van der Waals surface area (Å²) in [4.78, 5) is 47.2. The summed E-state index contributed by atoms with van der Waals surface area (Å²) >= 11 is 0. The van der Waals surface area contributed by atoms with Crippen LogP contribution in [0.5, 0.6) is 23.0 Å². The van der Waals surface area contributed by atoms with E-state index in [4.69, 9.17) is 23.7 Å². The fourth-order valence-electron chi connectivity index (χ4n) is 4.92. The van der Waals surface area contributed by atoms with E-state index >= 15 is 0 Å². The Morgan fingerprint density at radius 3 is 2.15 bits per heavy atom. The van der Waals surface area contributed by atoms with Gasteiger partial charge in [0.2, 0.25) is 5.43 Å². The molecule has 0 spiro atoms. The van der Waals surface area contributed by atoms with Crippen LogP contribution >= 0.6 is 0 Å². The van der Waals surface area contributed by atoms with Crippen molar-refractivity contribution in [3.8, 4) is 45.4 Å². The number of rotatable bonds is 14. The molecule has 0 bridgehead atoms. The lowest BCUT2D eigenvalue weighted by Gasteiger charge is -2.25. The number of phenolic OH excluding ortho intramolecular Hbond substituents is 1. The maximum Gasteiger partial charge on any atom is 0.341 e. The summed E-state index contributed by atoms with van der Waals surface area (Å²) in [6, 6.07) is 14.1. The van der Waals surface area contributed by atoms with Gasteiger partial charge in [0.05, 0.1) is 5.69 Å². The van der Waals surface area contributed by atoms with E-state index in [1.165, 1.54) is 30.3 Å². The number of hydrogen-bond acceptors (Lipinski definition) is 10. The average molecular weight is 666 g/mol. The number of carbonyl (C=O) groups is 3. The lowest BCUT2D eigenvalue weighted by atomic mass is 9.93. The molecule has 2 aliphatic rings. The van der Waals surface area contributed by atoms with Gasteiger partial charge in [0.15, 0.2) is 24.0 Å². The molecular formula is C33H25F2NO12. The molecule has 0 saturated carbocycles. The zero-order valence-corrected chi connectivity index (χ0v) is 24.6.